The predicted octanol–water partition coefficient (Wildman–Crippen LogP) is 3.36. The first-order chi connectivity index (χ1) is 7.79. The van der Waals surface area contributed by atoms with Gasteiger partial charge in [0.1, 0.15) is 5.78 Å². The quantitative estimate of drug-likeness (QED) is 0.679. The molecular formula is C15H29NO. The zero-order valence-electron chi connectivity index (χ0n) is 12.4. The smallest absolute Gasteiger partial charge is 0.149 e. The van der Waals surface area contributed by atoms with E-state index in [-0.39, 0.29) is 5.92 Å². The average Bonchev–Trinajstić information content (AvgIpc) is 2.96. The van der Waals surface area contributed by atoms with Crippen molar-refractivity contribution >= 4 is 5.78 Å². The van der Waals surface area contributed by atoms with E-state index in [1.165, 1.54) is 12.8 Å². The van der Waals surface area contributed by atoms with E-state index in [4.69, 9.17) is 0 Å². The summed E-state index contributed by atoms with van der Waals surface area (Å²) in [5.74, 6) is 1.88. The molecule has 0 saturated heterocycles. The van der Waals surface area contributed by atoms with E-state index in [2.05, 4.69) is 46.6 Å². The fourth-order valence-corrected chi connectivity index (χ4v) is 2.91. The molecule has 2 heteroatoms. The van der Waals surface area contributed by atoms with Gasteiger partial charge in [0.15, 0.2) is 0 Å². The Hall–Kier alpha value is -0.370. The topological polar surface area (TPSA) is 20.3 Å². The first-order valence-corrected chi connectivity index (χ1v) is 7.03. The maximum absolute atomic E-state index is 12.1. The van der Waals surface area contributed by atoms with Gasteiger partial charge in [-0.3, -0.25) is 9.69 Å². The lowest BCUT2D eigenvalue weighted by molar-refractivity contribution is -0.124. The Morgan fingerprint density at radius 3 is 2.06 bits per heavy atom. The fourth-order valence-electron chi connectivity index (χ4n) is 2.91. The highest BCUT2D eigenvalue weighted by molar-refractivity contribution is 5.82. The summed E-state index contributed by atoms with van der Waals surface area (Å²) in [7, 11) is 2.12. The van der Waals surface area contributed by atoms with Gasteiger partial charge in [0.2, 0.25) is 0 Å². The second-order valence-corrected chi connectivity index (χ2v) is 6.61. The van der Waals surface area contributed by atoms with Crippen LogP contribution < -0.4 is 0 Å². The molecule has 2 nitrogen and oxygen atoms in total. The van der Waals surface area contributed by atoms with Gasteiger partial charge in [-0.05, 0) is 38.1 Å². The van der Waals surface area contributed by atoms with Gasteiger partial charge in [-0.25, -0.2) is 0 Å². The third kappa shape index (κ3) is 3.54. The minimum atomic E-state index is 0.209. The molecule has 1 atom stereocenters. The molecule has 1 rings (SSSR count). The maximum Gasteiger partial charge on any atom is 0.149 e. The van der Waals surface area contributed by atoms with Crippen molar-refractivity contribution in [1.29, 1.82) is 0 Å². The summed E-state index contributed by atoms with van der Waals surface area (Å²) in [6.45, 7) is 11.6. The summed E-state index contributed by atoms with van der Waals surface area (Å²) in [5, 5.41) is 0. The fraction of sp³-hybridized carbons (Fsp3) is 0.933. The third-order valence-corrected chi connectivity index (χ3v) is 4.36. The van der Waals surface area contributed by atoms with Crippen LogP contribution in [0.25, 0.3) is 0 Å². The van der Waals surface area contributed by atoms with Gasteiger partial charge in [0.25, 0.3) is 0 Å². The third-order valence-electron chi connectivity index (χ3n) is 4.36. The number of rotatable bonds is 7. The summed E-state index contributed by atoms with van der Waals surface area (Å²) in [6.07, 6.45) is 3.53. The summed E-state index contributed by atoms with van der Waals surface area (Å²) in [6, 6.07) is 0. The Balaban J connectivity index is 2.46. The van der Waals surface area contributed by atoms with E-state index >= 15 is 0 Å². The van der Waals surface area contributed by atoms with Crippen molar-refractivity contribution in [2.75, 3.05) is 13.6 Å². The molecule has 1 aliphatic carbocycles. The molecule has 1 saturated carbocycles. The van der Waals surface area contributed by atoms with Gasteiger partial charge in [-0.2, -0.15) is 0 Å². The van der Waals surface area contributed by atoms with Crippen LogP contribution in [0.3, 0.4) is 0 Å². The minimum Gasteiger partial charge on any atom is -0.298 e. The molecule has 100 valence electrons. The standard InChI is InChI=1S/C15H29NO/c1-11(2)9-13(5)14(17)10-16(6)15(7-8-15)12(3)4/h11-13H,7-10H2,1-6H3. The molecule has 1 unspecified atom stereocenters. The van der Waals surface area contributed by atoms with Crippen molar-refractivity contribution in [3.63, 3.8) is 0 Å². The summed E-state index contributed by atoms with van der Waals surface area (Å²) in [4.78, 5) is 14.4. The van der Waals surface area contributed by atoms with Gasteiger partial charge in [0, 0.05) is 11.5 Å². The summed E-state index contributed by atoms with van der Waals surface area (Å²) in [5.41, 5.74) is 0.327. The van der Waals surface area contributed by atoms with Gasteiger partial charge >= 0.3 is 0 Å². The van der Waals surface area contributed by atoms with Crippen LogP contribution in [0.2, 0.25) is 0 Å². The van der Waals surface area contributed by atoms with Crippen molar-refractivity contribution in [3.05, 3.63) is 0 Å². The van der Waals surface area contributed by atoms with Crippen LogP contribution in [0.4, 0.5) is 0 Å². The lowest BCUT2D eigenvalue weighted by Crippen LogP contribution is -2.42. The van der Waals surface area contributed by atoms with E-state index in [0.29, 0.717) is 29.7 Å². The highest BCUT2D eigenvalue weighted by Crippen LogP contribution is 2.46. The van der Waals surface area contributed by atoms with Crippen molar-refractivity contribution in [2.45, 2.75) is 59.4 Å². The van der Waals surface area contributed by atoms with Crippen molar-refractivity contribution < 1.29 is 4.79 Å². The number of nitrogens with zero attached hydrogens (tertiary/aromatic N) is 1. The van der Waals surface area contributed by atoms with E-state index in [1.807, 2.05) is 0 Å². The van der Waals surface area contributed by atoms with Crippen molar-refractivity contribution in [2.24, 2.45) is 17.8 Å². The van der Waals surface area contributed by atoms with E-state index in [0.717, 1.165) is 6.42 Å². The SMILES string of the molecule is CC(C)CC(C)C(=O)CN(C)C1(C(C)C)CC1. The average molecular weight is 239 g/mol. The van der Waals surface area contributed by atoms with Crippen molar-refractivity contribution in [3.8, 4) is 0 Å². The Labute approximate surface area is 107 Å². The number of ketones is 1. The summed E-state index contributed by atoms with van der Waals surface area (Å²) < 4.78 is 0. The molecule has 0 amide bonds. The monoisotopic (exact) mass is 239 g/mol. The molecular weight excluding hydrogens is 210 g/mol. The first-order valence-electron chi connectivity index (χ1n) is 7.03. The molecule has 0 spiro atoms. The number of likely N-dealkylation sites (N-methyl/N-ethyl adjacent to an activating group) is 1. The highest BCUT2D eigenvalue weighted by Gasteiger charge is 2.49. The zero-order valence-corrected chi connectivity index (χ0v) is 12.4. The first kappa shape index (κ1) is 14.7. The van der Waals surface area contributed by atoms with Crippen LogP contribution in [-0.2, 0) is 4.79 Å². The molecule has 0 aliphatic heterocycles. The number of hydrogen-bond donors (Lipinski definition) is 0. The maximum atomic E-state index is 12.1. The molecule has 0 heterocycles. The molecule has 17 heavy (non-hydrogen) atoms. The number of hydrogen-bond acceptors (Lipinski definition) is 2. The molecule has 0 aromatic carbocycles. The summed E-state index contributed by atoms with van der Waals surface area (Å²) >= 11 is 0. The van der Waals surface area contributed by atoms with Crippen LogP contribution in [0.5, 0.6) is 0 Å². The van der Waals surface area contributed by atoms with E-state index in [1.54, 1.807) is 0 Å². The zero-order chi connectivity index (χ0) is 13.2. The van der Waals surface area contributed by atoms with Gasteiger partial charge in [-0.1, -0.05) is 34.6 Å². The minimum absolute atomic E-state index is 0.209. The molecule has 1 fully saturated rings. The lowest BCUT2D eigenvalue weighted by atomic mass is 9.93. The molecule has 0 N–H and O–H groups in total. The van der Waals surface area contributed by atoms with E-state index < -0.39 is 0 Å². The second kappa shape index (κ2) is 5.51. The van der Waals surface area contributed by atoms with Crippen LogP contribution in [-0.4, -0.2) is 29.8 Å². The Morgan fingerprint density at radius 2 is 1.71 bits per heavy atom. The molecule has 0 radical (unpaired) electrons. The number of carbonyl (C=O) groups excluding carboxylic acids is 1. The van der Waals surface area contributed by atoms with Crippen LogP contribution >= 0.6 is 0 Å². The van der Waals surface area contributed by atoms with E-state index in [9.17, 15) is 4.79 Å². The largest absolute Gasteiger partial charge is 0.298 e. The van der Waals surface area contributed by atoms with Gasteiger partial charge in [0.05, 0.1) is 6.54 Å². The second-order valence-electron chi connectivity index (χ2n) is 6.61. The molecule has 0 bridgehead atoms. The van der Waals surface area contributed by atoms with Gasteiger partial charge in [-0.15, -0.1) is 0 Å². The molecule has 0 aromatic rings. The van der Waals surface area contributed by atoms with Crippen LogP contribution in [0.15, 0.2) is 0 Å². The Bertz CT molecular complexity index is 266. The molecule has 0 aromatic heterocycles. The number of carbonyl (C=O) groups is 1. The van der Waals surface area contributed by atoms with Crippen molar-refractivity contribution in [1.82, 2.24) is 4.90 Å². The number of Topliss-reactive ketones (excluding diaryl/α,β-unsaturated/α-hetero) is 1. The highest BCUT2D eigenvalue weighted by atomic mass is 16.1. The Morgan fingerprint density at radius 1 is 1.18 bits per heavy atom. The van der Waals surface area contributed by atoms with Crippen LogP contribution in [0, 0.1) is 17.8 Å². The lowest BCUT2D eigenvalue weighted by Gasteiger charge is -2.31. The predicted molar refractivity (Wildman–Crippen MR) is 73.1 cm³/mol. The molecule has 1 aliphatic rings. The Kier molecular flexibility index (Phi) is 4.77. The van der Waals surface area contributed by atoms with Crippen LogP contribution in [0.1, 0.15) is 53.9 Å². The van der Waals surface area contributed by atoms with Gasteiger partial charge < -0.3 is 0 Å². The normalized spacial score (nSPS) is 20.1.